The summed E-state index contributed by atoms with van der Waals surface area (Å²) in [5, 5.41) is 10.1. The zero-order valence-corrected chi connectivity index (χ0v) is 34.7. The Morgan fingerprint density at radius 1 is 0.258 bits per heavy atom. The minimum atomic E-state index is 1.10. The summed E-state index contributed by atoms with van der Waals surface area (Å²) in [7, 11) is 0. The molecule has 0 saturated carbocycles. The first-order chi connectivity index (χ1) is 30.7. The van der Waals surface area contributed by atoms with Crippen molar-refractivity contribution >= 4 is 80.9 Å². The van der Waals surface area contributed by atoms with E-state index in [9.17, 15) is 0 Å². The van der Waals surface area contributed by atoms with E-state index in [0.29, 0.717) is 0 Å². The summed E-state index contributed by atoms with van der Waals surface area (Å²) in [6, 6.07) is 86.7. The van der Waals surface area contributed by atoms with Crippen LogP contribution in [0, 0.1) is 0 Å². The summed E-state index contributed by atoms with van der Waals surface area (Å²) in [6.45, 7) is 0. The van der Waals surface area contributed by atoms with Crippen molar-refractivity contribution in [2.75, 3.05) is 4.90 Å². The topological polar surface area (TPSA) is 3.24 Å². The SMILES string of the molecule is c1ccc(-c2c(-c3ccccc3)c3cc(-c4ccc(N(c5cccc(-c6cccc7ccccc67)c5)c5ccc6c(c5)sc5ccccc56)cc4)ccc3c3ccccc23)cc1. The van der Waals surface area contributed by atoms with Gasteiger partial charge in [0.15, 0.2) is 0 Å². The molecule has 12 aromatic rings. The van der Waals surface area contributed by atoms with Crippen LogP contribution in [0.4, 0.5) is 17.1 Å². The zero-order valence-electron chi connectivity index (χ0n) is 33.9. The van der Waals surface area contributed by atoms with Crippen LogP contribution in [0.25, 0.3) is 97.0 Å². The fourth-order valence-corrected chi connectivity index (χ4v) is 10.7. The average molecular weight is 806 g/mol. The number of rotatable bonds is 7. The van der Waals surface area contributed by atoms with E-state index in [2.05, 4.69) is 241 Å². The molecule has 0 amide bonds. The smallest absolute Gasteiger partial charge is 0.0476 e. The molecule has 0 radical (unpaired) electrons. The van der Waals surface area contributed by atoms with E-state index in [0.717, 1.165) is 17.1 Å². The van der Waals surface area contributed by atoms with Gasteiger partial charge in [0, 0.05) is 37.2 Å². The van der Waals surface area contributed by atoms with Gasteiger partial charge in [0.1, 0.15) is 0 Å². The van der Waals surface area contributed by atoms with Gasteiger partial charge >= 0.3 is 0 Å². The number of hydrogen-bond acceptors (Lipinski definition) is 2. The summed E-state index contributed by atoms with van der Waals surface area (Å²) in [6.07, 6.45) is 0. The maximum Gasteiger partial charge on any atom is 0.0476 e. The second-order valence-corrected chi connectivity index (χ2v) is 17.1. The number of nitrogens with zero attached hydrogens (tertiary/aromatic N) is 1. The lowest BCUT2D eigenvalue weighted by Crippen LogP contribution is -2.10. The zero-order chi connectivity index (χ0) is 41.0. The highest BCUT2D eigenvalue weighted by Crippen LogP contribution is 2.46. The molecule has 0 N–H and O–H groups in total. The minimum Gasteiger partial charge on any atom is -0.310 e. The molecule has 0 atom stereocenters. The molecule has 1 aromatic heterocycles. The Kier molecular flexibility index (Phi) is 8.76. The van der Waals surface area contributed by atoms with E-state index in [4.69, 9.17) is 0 Å². The van der Waals surface area contributed by atoms with Crippen LogP contribution < -0.4 is 4.90 Å². The van der Waals surface area contributed by atoms with Crippen LogP contribution in [0.1, 0.15) is 0 Å². The second-order valence-electron chi connectivity index (χ2n) is 16.0. The molecule has 11 aromatic carbocycles. The van der Waals surface area contributed by atoms with Crippen LogP contribution in [0.5, 0.6) is 0 Å². The van der Waals surface area contributed by atoms with Gasteiger partial charge in [0.2, 0.25) is 0 Å². The summed E-state index contributed by atoms with van der Waals surface area (Å²) in [5.41, 5.74) is 13.1. The third-order valence-corrected chi connectivity index (χ3v) is 13.6. The molecule has 62 heavy (non-hydrogen) atoms. The molecule has 2 heteroatoms. The Bertz CT molecular complexity index is 3620. The summed E-state index contributed by atoms with van der Waals surface area (Å²) in [5.74, 6) is 0. The molecular weight excluding hydrogens is 767 g/mol. The van der Waals surface area contributed by atoms with Gasteiger partial charge < -0.3 is 4.90 Å². The molecule has 1 heterocycles. The summed E-state index contributed by atoms with van der Waals surface area (Å²) >= 11 is 1.86. The lowest BCUT2D eigenvalue weighted by Gasteiger charge is -2.26. The third kappa shape index (κ3) is 6.15. The van der Waals surface area contributed by atoms with Gasteiger partial charge in [-0.05, 0) is 125 Å². The first-order valence-electron chi connectivity index (χ1n) is 21.2. The third-order valence-electron chi connectivity index (χ3n) is 12.4. The van der Waals surface area contributed by atoms with E-state index in [1.165, 1.54) is 97.0 Å². The van der Waals surface area contributed by atoms with Crippen molar-refractivity contribution in [1.29, 1.82) is 0 Å². The first-order valence-corrected chi connectivity index (χ1v) is 22.1. The Morgan fingerprint density at radius 2 is 0.790 bits per heavy atom. The van der Waals surface area contributed by atoms with Gasteiger partial charge in [-0.15, -0.1) is 11.3 Å². The molecule has 0 aliphatic heterocycles. The van der Waals surface area contributed by atoms with Gasteiger partial charge in [-0.1, -0.05) is 188 Å². The number of thiophene rings is 1. The highest BCUT2D eigenvalue weighted by molar-refractivity contribution is 7.25. The van der Waals surface area contributed by atoms with Gasteiger partial charge in [0.25, 0.3) is 0 Å². The predicted octanol–water partition coefficient (Wildman–Crippen LogP) is 17.7. The number of hydrogen-bond donors (Lipinski definition) is 0. The minimum absolute atomic E-state index is 1.10. The number of benzene rings is 11. The quantitative estimate of drug-likeness (QED) is 0.145. The molecule has 0 aliphatic carbocycles. The van der Waals surface area contributed by atoms with E-state index in [-0.39, 0.29) is 0 Å². The van der Waals surface area contributed by atoms with Crippen LogP contribution in [0.3, 0.4) is 0 Å². The lowest BCUT2D eigenvalue weighted by atomic mass is 9.84. The Hall–Kier alpha value is -7.78. The highest BCUT2D eigenvalue weighted by atomic mass is 32.1. The van der Waals surface area contributed by atoms with Crippen molar-refractivity contribution in [2.45, 2.75) is 0 Å². The van der Waals surface area contributed by atoms with E-state index in [1.54, 1.807) is 0 Å². The first kappa shape index (κ1) is 36.1. The van der Waals surface area contributed by atoms with Crippen molar-refractivity contribution in [2.24, 2.45) is 0 Å². The Balaban J connectivity index is 1.02. The number of fused-ring (bicyclic) bond motifs is 7. The van der Waals surface area contributed by atoms with Crippen LogP contribution >= 0.6 is 11.3 Å². The van der Waals surface area contributed by atoms with Crippen LogP contribution in [0.2, 0.25) is 0 Å². The molecule has 0 saturated heterocycles. The maximum atomic E-state index is 2.41. The summed E-state index contributed by atoms with van der Waals surface area (Å²) in [4.78, 5) is 2.41. The Labute approximate surface area is 365 Å². The summed E-state index contributed by atoms with van der Waals surface area (Å²) < 4.78 is 2.59. The molecular formula is C60H39NS. The molecule has 0 bridgehead atoms. The highest BCUT2D eigenvalue weighted by Gasteiger charge is 2.20. The number of anilines is 3. The van der Waals surface area contributed by atoms with Gasteiger partial charge in [-0.25, -0.2) is 0 Å². The van der Waals surface area contributed by atoms with Crippen molar-refractivity contribution in [3.8, 4) is 44.5 Å². The molecule has 0 fully saturated rings. The maximum absolute atomic E-state index is 2.41. The van der Waals surface area contributed by atoms with Gasteiger partial charge in [-0.3, -0.25) is 0 Å². The van der Waals surface area contributed by atoms with Crippen LogP contribution in [0.15, 0.2) is 237 Å². The second kappa shape index (κ2) is 15.0. The molecule has 0 spiro atoms. The van der Waals surface area contributed by atoms with Crippen molar-refractivity contribution in [3.63, 3.8) is 0 Å². The van der Waals surface area contributed by atoms with Crippen molar-refractivity contribution < 1.29 is 0 Å². The van der Waals surface area contributed by atoms with Gasteiger partial charge in [0.05, 0.1) is 0 Å². The molecule has 0 unspecified atom stereocenters. The Morgan fingerprint density at radius 3 is 1.58 bits per heavy atom. The predicted molar refractivity (Wildman–Crippen MR) is 268 cm³/mol. The lowest BCUT2D eigenvalue weighted by molar-refractivity contribution is 1.29. The van der Waals surface area contributed by atoms with E-state index in [1.807, 2.05) is 11.3 Å². The van der Waals surface area contributed by atoms with Crippen LogP contribution in [-0.4, -0.2) is 0 Å². The standard InChI is InChI=1S/C60H39NS/c1-3-16-42(17-4-1)59-55-26-10-9-24-51(55)52-35-31-44(38-56(52)60(59)43-18-5-2-6-19-43)40-29-32-46(33-30-40)61(48-34-36-54-53-25-11-12-28-57(53)62-58(54)39-48)47-22-13-21-45(37-47)50-27-14-20-41-15-7-8-23-49(41)50/h1-39H. The van der Waals surface area contributed by atoms with Gasteiger partial charge in [-0.2, -0.15) is 0 Å². The molecule has 290 valence electrons. The van der Waals surface area contributed by atoms with Crippen LogP contribution in [-0.2, 0) is 0 Å². The van der Waals surface area contributed by atoms with E-state index < -0.39 is 0 Å². The molecule has 12 rings (SSSR count). The fourth-order valence-electron chi connectivity index (χ4n) is 9.57. The van der Waals surface area contributed by atoms with E-state index >= 15 is 0 Å². The van der Waals surface area contributed by atoms with Crippen molar-refractivity contribution in [3.05, 3.63) is 237 Å². The molecule has 1 nitrogen and oxygen atoms in total. The normalized spacial score (nSPS) is 11.5. The van der Waals surface area contributed by atoms with Crippen molar-refractivity contribution in [1.82, 2.24) is 0 Å². The largest absolute Gasteiger partial charge is 0.310 e. The monoisotopic (exact) mass is 805 g/mol. The fraction of sp³-hybridized carbons (Fsp3) is 0. The molecule has 0 aliphatic rings. The average Bonchev–Trinajstić information content (AvgIpc) is 3.72.